The van der Waals surface area contributed by atoms with Crippen molar-refractivity contribution < 1.29 is 19.5 Å². The zero-order valence-electron chi connectivity index (χ0n) is 12.6. The molecule has 24 heavy (non-hydrogen) atoms. The maximum atomic E-state index is 12.3. The van der Waals surface area contributed by atoms with Gasteiger partial charge in [0, 0.05) is 5.03 Å². The number of halogens is 1. The van der Waals surface area contributed by atoms with Crippen molar-refractivity contribution in [3.63, 3.8) is 0 Å². The monoisotopic (exact) mass is 349 g/mol. The van der Waals surface area contributed by atoms with Crippen molar-refractivity contribution in [1.29, 1.82) is 0 Å². The lowest BCUT2D eigenvalue weighted by Crippen LogP contribution is -2.72. The van der Waals surface area contributed by atoms with Gasteiger partial charge in [-0.15, -0.1) is 0 Å². The highest BCUT2D eigenvalue weighted by atomic mass is 35.5. The number of nitrogens with one attached hydrogen (secondary N) is 1. The molecule has 2 heterocycles. The van der Waals surface area contributed by atoms with Crippen LogP contribution in [-0.4, -0.2) is 39.9 Å². The fourth-order valence-corrected chi connectivity index (χ4v) is 3.35. The van der Waals surface area contributed by atoms with Crippen LogP contribution in [0.4, 0.5) is 0 Å². The predicted octanol–water partition coefficient (Wildman–Crippen LogP) is 0.711. The van der Waals surface area contributed by atoms with Crippen LogP contribution in [0.15, 0.2) is 41.1 Å². The highest BCUT2D eigenvalue weighted by molar-refractivity contribution is 6.32. The summed E-state index contributed by atoms with van der Waals surface area (Å²) in [6.45, 7) is 0. The molecular formula is C16H16ClN3O4. The van der Waals surface area contributed by atoms with Crippen LogP contribution in [-0.2, 0) is 14.4 Å². The first-order chi connectivity index (χ1) is 11.4. The second-order valence-corrected chi connectivity index (χ2v) is 6.20. The van der Waals surface area contributed by atoms with E-state index < -0.39 is 35.9 Å². The number of β-lactam (4-membered cyclic amide) rings is 1. The van der Waals surface area contributed by atoms with Crippen molar-refractivity contribution in [2.24, 2.45) is 5.73 Å². The van der Waals surface area contributed by atoms with Crippen molar-refractivity contribution in [3.8, 4) is 0 Å². The Morgan fingerprint density at radius 3 is 2.62 bits per heavy atom. The fourth-order valence-electron chi connectivity index (χ4n) is 3.07. The molecule has 2 aliphatic heterocycles. The Bertz CT molecular complexity index is 734. The highest BCUT2D eigenvalue weighted by Gasteiger charge is 2.53. The zero-order chi connectivity index (χ0) is 17.4. The van der Waals surface area contributed by atoms with Crippen molar-refractivity contribution in [1.82, 2.24) is 10.2 Å². The van der Waals surface area contributed by atoms with Crippen LogP contribution < -0.4 is 11.1 Å². The minimum Gasteiger partial charge on any atom is -0.477 e. The summed E-state index contributed by atoms with van der Waals surface area (Å²) in [6, 6.07) is 6.74. The molecule has 0 spiro atoms. The predicted molar refractivity (Wildman–Crippen MR) is 85.7 cm³/mol. The molecule has 8 heteroatoms. The lowest BCUT2D eigenvalue weighted by molar-refractivity contribution is -0.156. The molecule has 3 atom stereocenters. The van der Waals surface area contributed by atoms with Gasteiger partial charge in [-0.1, -0.05) is 41.9 Å². The Morgan fingerprint density at radius 1 is 1.33 bits per heavy atom. The van der Waals surface area contributed by atoms with Gasteiger partial charge >= 0.3 is 5.97 Å². The Hall–Kier alpha value is -2.38. The SMILES string of the molecule is NC(C(=O)N[C@H]1C(=O)N2C(C(=O)O)=C(Cl)CC[C@@H]12)c1ccccc1. The van der Waals surface area contributed by atoms with Crippen LogP contribution in [0, 0.1) is 0 Å². The number of carboxylic acid groups (broad SMARTS) is 1. The molecule has 0 aliphatic carbocycles. The van der Waals surface area contributed by atoms with Gasteiger partial charge in [-0.25, -0.2) is 4.79 Å². The van der Waals surface area contributed by atoms with Crippen LogP contribution in [0.1, 0.15) is 24.4 Å². The number of carbonyl (C=O) groups excluding carboxylic acids is 2. The quantitative estimate of drug-likeness (QED) is 0.693. The number of hydrogen-bond acceptors (Lipinski definition) is 4. The van der Waals surface area contributed by atoms with Crippen LogP contribution in [0.3, 0.4) is 0 Å². The molecule has 1 aromatic rings. The summed E-state index contributed by atoms with van der Waals surface area (Å²) in [5.41, 5.74) is 6.35. The summed E-state index contributed by atoms with van der Waals surface area (Å²) in [6.07, 6.45) is 0.849. The molecule has 126 valence electrons. The van der Waals surface area contributed by atoms with E-state index in [0.29, 0.717) is 18.4 Å². The molecule has 0 bridgehead atoms. The topological polar surface area (TPSA) is 113 Å². The molecule has 0 saturated carbocycles. The van der Waals surface area contributed by atoms with Crippen LogP contribution in [0.2, 0.25) is 0 Å². The number of fused-ring (bicyclic) bond motifs is 1. The third-order valence-electron chi connectivity index (χ3n) is 4.32. The Balaban J connectivity index is 1.71. The van der Waals surface area contributed by atoms with E-state index in [0.717, 1.165) is 4.90 Å². The third-order valence-corrected chi connectivity index (χ3v) is 4.69. The average molecular weight is 350 g/mol. The molecule has 1 fully saturated rings. The van der Waals surface area contributed by atoms with Crippen molar-refractivity contribution in [2.75, 3.05) is 0 Å². The number of allylic oxidation sites excluding steroid dienone is 1. The number of nitrogens with zero attached hydrogens (tertiary/aromatic N) is 1. The number of carbonyl (C=O) groups is 3. The van der Waals surface area contributed by atoms with Crippen molar-refractivity contribution in [3.05, 3.63) is 46.6 Å². The van der Waals surface area contributed by atoms with Gasteiger partial charge in [0.15, 0.2) is 0 Å². The number of carboxylic acids is 1. The molecule has 3 rings (SSSR count). The minimum atomic E-state index is -1.25. The van der Waals surface area contributed by atoms with E-state index in [4.69, 9.17) is 17.3 Å². The first-order valence-corrected chi connectivity index (χ1v) is 7.85. The first kappa shape index (κ1) is 16.5. The second kappa shape index (κ2) is 6.26. The molecule has 2 amide bonds. The number of aliphatic carboxylic acids is 1. The van der Waals surface area contributed by atoms with Crippen molar-refractivity contribution in [2.45, 2.75) is 31.0 Å². The number of hydrogen-bond donors (Lipinski definition) is 3. The van der Waals surface area contributed by atoms with E-state index >= 15 is 0 Å². The zero-order valence-corrected chi connectivity index (χ0v) is 13.4. The van der Waals surface area contributed by atoms with E-state index in [1.165, 1.54) is 0 Å². The molecule has 7 nitrogen and oxygen atoms in total. The van der Waals surface area contributed by atoms with Gasteiger partial charge < -0.3 is 16.2 Å². The molecule has 1 saturated heterocycles. The lowest BCUT2D eigenvalue weighted by Gasteiger charge is -2.49. The maximum Gasteiger partial charge on any atom is 0.353 e. The lowest BCUT2D eigenvalue weighted by atomic mass is 9.86. The average Bonchev–Trinajstić information content (AvgIpc) is 2.59. The summed E-state index contributed by atoms with van der Waals surface area (Å²) >= 11 is 5.92. The van der Waals surface area contributed by atoms with Crippen molar-refractivity contribution >= 4 is 29.4 Å². The number of nitrogens with two attached hydrogens (primary N) is 1. The summed E-state index contributed by atoms with van der Waals surface area (Å²) < 4.78 is 0. The summed E-state index contributed by atoms with van der Waals surface area (Å²) in [4.78, 5) is 37.0. The molecule has 4 N–H and O–H groups in total. The van der Waals surface area contributed by atoms with Gasteiger partial charge in [0.1, 0.15) is 17.8 Å². The van der Waals surface area contributed by atoms with Crippen LogP contribution in [0.25, 0.3) is 0 Å². The van der Waals surface area contributed by atoms with Gasteiger partial charge in [0.25, 0.3) is 5.91 Å². The van der Waals surface area contributed by atoms with Gasteiger partial charge in [0.05, 0.1) is 6.04 Å². The van der Waals surface area contributed by atoms with Gasteiger partial charge in [0.2, 0.25) is 5.91 Å². The largest absolute Gasteiger partial charge is 0.477 e. The Kier molecular flexibility index (Phi) is 4.29. The summed E-state index contributed by atoms with van der Waals surface area (Å²) in [7, 11) is 0. The molecule has 0 radical (unpaired) electrons. The van der Waals surface area contributed by atoms with Gasteiger partial charge in [-0.2, -0.15) is 0 Å². The molecular weight excluding hydrogens is 334 g/mol. The standard InChI is InChI=1S/C16H16ClN3O4/c17-9-6-7-10-12(15(22)20(10)13(9)16(23)24)19-14(21)11(18)8-4-2-1-3-5-8/h1-5,10-12H,6-7,18H2,(H,19,21)(H,23,24)/t10-,11?,12+/m0/s1. The Labute approximate surface area is 143 Å². The molecule has 2 aliphatic rings. The smallest absolute Gasteiger partial charge is 0.353 e. The third kappa shape index (κ3) is 2.65. The van der Waals surface area contributed by atoms with E-state index in [1.807, 2.05) is 6.07 Å². The van der Waals surface area contributed by atoms with Crippen LogP contribution in [0.5, 0.6) is 0 Å². The maximum absolute atomic E-state index is 12.3. The minimum absolute atomic E-state index is 0.151. The second-order valence-electron chi connectivity index (χ2n) is 5.75. The number of amides is 2. The Morgan fingerprint density at radius 2 is 2.00 bits per heavy atom. The van der Waals surface area contributed by atoms with Gasteiger partial charge in [-0.05, 0) is 18.4 Å². The fraction of sp³-hybridized carbons (Fsp3) is 0.312. The van der Waals surface area contributed by atoms with E-state index in [1.54, 1.807) is 24.3 Å². The van der Waals surface area contributed by atoms with E-state index in [2.05, 4.69) is 5.32 Å². The molecule has 1 unspecified atom stereocenters. The van der Waals surface area contributed by atoms with Crippen LogP contribution >= 0.6 is 11.6 Å². The van der Waals surface area contributed by atoms with E-state index in [-0.39, 0.29) is 10.7 Å². The first-order valence-electron chi connectivity index (χ1n) is 7.47. The highest BCUT2D eigenvalue weighted by Crippen LogP contribution is 2.38. The normalized spacial score (nSPS) is 24.1. The van der Waals surface area contributed by atoms with Gasteiger partial charge in [-0.3, -0.25) is 14.5 Å². The molecule has 1 aromatic carbocycles. The molecule has 0 aromatic heterocycles. The number of benzene rings is 1. The van der Waals surface area contributed by atoms with E-state index in [9.17, 15) is 19.5 Å². The summed E-state index contributed by atoms with van der Waals surface area (Å²) in [5, 5.41) is 12.0. The number of rotatable bonds is 4. The summed E-state index contributed by atoms with van der Waals surface area (Å²) in [5.74, 6) is -2.20.